The van der Waals surface area contributed by atoms with Crippen LogP contribution in [0.4, 0.5) is 18.9 Å². The quantitative estimate of drug-likeness (QED) is 0.829. The molecule has 0 spiro atoms. The summed E-state index contributed by atoms with van der Waals surface area (Å²) in [5.41, 5.74) is -0.259. The van der Waals surface area contributed by atoms with Crippen molar-refractivity contribution in [1.29, 1.82) is 0 Å². The van der Waals surface area contributed by atoms with Gasteiger partial charge < -0.3 is 20.1 Å². The third kappa shape index (κ3) is 4.71. The van der Waals surface area contributed by atoms with Crippen LogP contribution in [0.2, 0.25) is 0 Å². The Morgan fingerprint density at radius 2 is 1.81 bits per heavy atom. The van der Waals surface area contributed by atoms with Crippen LogP contribution < -0.4 is 20.1 Å². The van der Waals surface area contributed by atoms with Crippen molar-refractivity contribution < 1.29 is 27.4 Å². The Kier molecular flexibility index (Phi) is 5.55. The van der Waals surface area contributed by atoms with E-state index in [1.54, 1.807) is 6.07 Å². The van der Waals surface area contributed by atoms with Crippen LogP contribution in [0.1, 0.15) is 24.1 Å². The fourth-order valence-electron chi connectivity index (χ4n) is 2.73. The van der Waals surface area contributed by atoms with Gasteiger partial charge in [-0.2, -0.15) is 13.2 Å². The molecule has 5 nitrogen and oxygen atoms in total. The van der Waals surface area contributed by atoms with Gasteiger partial charge in [-0.1, -0.05) is 18.2 Å². The second-order valence-corrected chi connectivity index (χ2v) is 6.10. The van der Waals surface area contributed by atoms with Gasteiger partial charge in [-0.05, 0) is 36.8 Å². The molecular formula is C19H19F3N2O3. The number of nitrogens with one attached hydrogen (secondary N) is 2. The third-order valence-corrected chi connectivity index (χ3v) is 4.14. The summed E-state index contributed by atoms with van der Waals surface area (Å²) in [5.74, 6) is 0.741. The minimum absolute atomic E-state index is 0.137. The summed E-state index contributed by atoms with van der Waals surface area (Å²) in [6.45, 7) is 2.68. The lowest BCUT2D eigenvalue weighted by Crippen LogP contribution is -2.30. The molecule has 3 rings (SSSR count). The Balaban J connectivity index is 1.60. The van der Waals surface area contributed by atoms with Gasteiger partial charge in [-0.25, -0.2) is 0 Å². The maximum atomic E-state index is 13.0. The highest BCUT2D eigenvalue weighted by Crippen LogP contribution is 2.35. The van der Waals surface area contributed by atoms with Crippen LogP contribution >= 0.6 is 0 Å². The molecule has 0 saturated carbocycles. The first kappa shape index (κ1) is 19.0. The normalized spacial score (nSPS) is 14.5. The van der Waals surface area contributed by atoms with E-state index < -0.39 is 17.6 Å². The van der Waals surface area contributed by atoms with Crippen LogP contribution in [0.5, 0.6) is 11.5 Å². The number of amides is 1. The number of fused-ring (bicyclic) bond motifs is 1. The molecule has 2 N–H and O–H groups in total. The van der Waals surface area contributed by atoms with Gasteiger partial charge >= 0.3 is 6.18 Å². The van der Waals surface area contributed by atoms with E-state index in [-0.39, 0.29) is 18.3 Å². The average molecular weight is 380 g/mol. The van der Waals surface area contributed by atoms with E-state index in [9.17, 15) is 18.0 Å². The summed E-state index contributed by atoms with van der Waals surface area (Å²) in [4.78, 5) is 12.1. The monoisotopic (exact) mass is 380 g/mol. The summed E-state index contributed by atoms with van der Waals surface area (Å²) >= 11 is 0. The molecule has 1 aliphatic heterocycles. The average Bonchev–Trinajstić information content (AvgIpc) is 2.65. The number of hydrogen-bond donors (Lipinski definition) is 2. The van der Waals surface area contributed by atoms with E-state index >= 15 is 0 Å². The standard InChI is InChI=1S/C19H19F3N2O3/c1-12(13-6-7-16-17(10-13)27-9-8-26-16)23-11-18(25)24-15-5-3-2-4-14(15)19(20,21)22/h2-7,10,12,23H,8-9,11H2,1H3,(H,24,25). The summed E-state index contributed by atoms with van der Waals surface area (Å²) in [5, 5.41) is 5.30. The van der Waals surface area contributed by atoms with Crippen LogP contribution in [0.3, 0.4) is 0 Å². The molecule has 0 fully saturated rings. The number of halogens is 3. The zero-order chi connectivity index (χ0) is 19.4. The first-order chi connectivity index (χ1) is 12.8. The lowest BCUT2D eigenvalue weighted by molar-refractivity contribution is -0.137. The van der Waals surface area contributed by atoms with Crippen LogP contribution in [-0.2, 0) is 11.0 Å². The van der Waals surface area contributed by atoms with Crippen molar-refractivity contribution >= 4 is 11.6 Å². The van der Waals surface area contributed by atoms with Crippen molar-refractivity contribution in [2.24, 2.45) is 0 Å². The van der Waals surface area contributed by atoms with Crippen molar-refractivity contribution in [3.05, 3.63) is 53.6 Å². The van der Waals surface area contributed by atoms with Gasteiger partial charge in [0.15, 0.2) is 11.5 Å². The number of alkyl halides is 3. The van der Waals surface area contributed by atoms with Crippen LogP contribution in [-0.4, -0.2) is 25.7 Å². The van der Waals surface area contributed by atoms with E-state index in [2.05, 4.69) is 10.6 Å². The summed E-state index contributed by atoms with van der Waals surface area (Å²) < 4.78 is 49.9. The Hall–Kier alpha value is -2.74. The van der Waals surface area contributed by atoms with Gasteiger partial charge in [0.2, 0.25) is 5.91 Å². The molecule has 1 aliphatic rings. The second kappa shape index (κ2) is 7.87. The first-order valence-corrected chi connectivity index (χ1v) is 8.43. The molecule has 2 aromatic carbocycles. The Labute approximate surface area is 154 Å². The van der Waals surface area contributed by atoms with Gasteiger partial charge in [0.1, 0.15) is 13.2 Å². The molecule has 0 aromatic heterocycles. The lowest BCUT2D eigenvalue weighted by atomic mass is 10.1. The van der Waals surface area contributed by atoms with Crippen LogP contribution in [0, 0.1) is 0 Å². The number of benzene rings is 2. The van der Waals surface area contributed by atoms with Crippen molar-refractivity contribution in [2.45, 2.75) is 19.1 Å². The molecule has 1 heterocycles. The molecule has 2 aromatic rings. The Morgan fingerprint density at radius 1 is 1.11 bits per heavy atom. The molecule has 1 atom stereocenters. The van der Waals surface area contributed by atoms with Gasteiger partial charge in [0, 0.05) is 6.04 Å². The number of para-hydroxylation sites is 1. The van der Waals surface area contributed by atoms with E-state index in [1.807, 2.05) is 19.1 Å². The SMILES string of the molecule is CC(NCC(=O)Nc1ccccc1C(F)(F)F)c1ccc2c(c1)OCCO2. The first-order valence-electron chi connectivity index (χ1n) is 8.43. The summed E-state index contributed by atoms with van der Waals surface area (Å²) in [7, 11) is 0. The highest BCUT2D eigenvalue weighted by Gasteiger charge is 2.33. The molecule has 8 heteroatoms. The number of carbonyl (C=O) groups is 1. The van der Waals surface area contributed by atoms with Crippen molar-refractivity contribution in [1.82, 2.24) is 5.32 Å². The maximum absolute atomic E-state index is 13.0. The fourth-order valence-corrected chi connectivity index (χ4v) is 2.73. The molecule has 0 bridgehead atoms. The Bertz CT molecular complexity index is 824. The minimum Gasteiger partial charge on any atom is -0.486 e. The second-order valence-electron chi connectivity index (χ2n) is 6.10. The predicted octanol–water partition coefficient (Wildman–Crippen LogP) is 3.77. The Morgan fingerprint density at radius 3 is 2.56 bits per heavy atom. The zero-order valence-electron chi connectivity index (χ0n) is 14.6. The lowest BCUT2D eigenvalue weighted by Gasteiger charge is -2.21. The van der Waals surface area contributed by atoms with Gasteiger partial charge in [-0.15, -0.1) is 0 Å². The molecule has 0 saturated heterocycles. The van der Waals surface area contributed by atoms with E-state index in [0.717, 1.165) is 11.6 Å². The summed E-state index contributed by atoms with van der Waals surface area (Å²) in [6.07, 6.45) is -4.53. The molecule has 27 heavy (non-hydrogen) atoms. The molecule has 1 unspecified atom stereocenters. The highest BCUT2D eigenvalue weighted by atomic mass is 19.4. The number of rotatable bonds is 5. The van der Waals surface area contributed by atoms with Crippen molar-refractivity contribution in [3.63, 3.8) is 0 Å². The topological polar surface area (TPSA) is 59.6 Å². The number of ether oxygens (including phenoxy) is 2. The van der Waals surface area contributed by atoms with Gasteiger partial charge in [0.25, 0.3) is 0 Å². The molecule has 144 valence electrons. The number of carbonyl (C=O) groups excluding carboxylic acids is 1. The molecule has 1 amide bonds. The molecule has 0 aliphatic carbocycles. The number of hydrogen-bond acceptors (Lipinski definition) is 4. The number of anilines is 1. The van der Waals surface area contributed by atoms with E-state index in [0.29, 0.717) is 24.7 Å². The maximum Gasteiger partial charge on any atom is 0.418 e. The fraction of sp³-hybridized carbons (Fsp3) is 0.316. The van der Waals surface area contributed by atoms with Crippen molar-refractivity contribution in [3.8, 4) is 11.5 Å². The van der Waals surface area contributed by atoms with Crippen molar-refractivity contribution in [2.75, 3.05) is 25.1 Å². The van der Waals surface area contributed by atoms with Crippen LogP contribution in [0.25, 0.3) is 0 Å². The third-order valence-electron chi connectivity index (χ3n) is 4.14. The highest BCUT2D eigenvalue weighted by molar-refractivity contribution is 5.93. The smallest absolute Gasteiger partial charge is 0.418 e. The minimum atomic E-state index is -4.53. The largest absolute Gasteiger partial charge is 0.486 e. The molecule has 0 radical (unpaired) electrons. The summed E-state index contributed by atoms with van der Waals surface area (Å²) in [6, 6.07) is 10.1. The zero-order valence-corrected chi connectivity index (χ0v) is 14.6. The molecular weight excluding hydrogens is 361 g/mol. The van der Waals surface area contributed by atoms with E-state index in [1.165, 1.54) is 18.2 Å². The van der Waals surface area contributed by atoms with Gasteiger partial charge in [0.05, 0.1) is 17.8 Å². The van der Waals surface area contributed by atoms with Crippen LogP contribution in [0.15, 0.2) is 42.5 Å². The predicted molar refractivity (Wildman–Crippen MR) is 93.9 cm³/mol. The van der Waals surface area contributed by atoms with E-state index in [4.69, 9.17) is 9.47 Å². The van der Waals surface area contributed by atoms with Gasteiger partial charge in [-0.3, -0.25) is 4.79 Å².